The van der Waals surface area contributed by atoms with Crippen LogP contribution in [0.3, 0.4) is 0 Å². The van der Waals surface area contributed by atoms with E-state index in [0.29, 0.717) is 11.3 Å². The number of hydrogen-bond donors (Lipinski definition) is 3. The molecule has 3 rings (SSSR count). The molecule has 0 radical (unpaired) electrons. The Morgan fingerprint density at radius 3 is 2.29 bits per heavy atom. The van der Waals surface area contributed by atoms with Crippen molar-refractivity contribution >= 4 is 11.0 Å². The summed E-state index contributed by atoms with van der Waals surface area (Å²) < 4.78 is 5.55. The molecule has 0 aliphatic heterocycles. The quantitative estimate of drug-likeness (QED) is 0.598. The molecule has 0 atom stereocenters. The molecule has 1 aromatic heterocycles. The van der Waals surface area contributed by atoms with Crippen molar-refractivity contribution in [3.05, 3.63) is 52.2 Å². The van der Waals surface area contributed by atoms with Crippen LogP contribution in [0.15, 0.2) is 45.6 Å². The van der Waals surface area contributed by atoms with E-state index >= 15 is 0 Å². The minimum atomic E-state index is -0.738. The monoisotopic (exact) mass is 284 g/mol. The third kappa shape index (κ3) is 2.08. The Labute approximate surface area is 119 Å². The van der Waals surface area contributed by atoms with Crippen LogP contribution in [-0.2, 0) is 0 Å². The summed E-state index contributed by atoms with van der Waals surface area (Å²) in [5.74, 6) is -1.66. The van der Waals surface area contributed by atoms with Crippen LogP contribution in [0.5, 0.6) is 17.2 Å². The first-order valence-electron chi connectivity index (χ1n) is 6.26. The third-order valence-corrected chi connectivity index (χ3v) is 3.28. The van der Waals surface area contributed by atoms with E-state index < -0.39 is 22.7 Å². The Morgan fingerprint density at radius 2 is 1.62 bits per heavy atom. The Morgan fingerprint density at radius 1 is 0.952 bits per heavy atom. The molecule has 0 saturated carbocycles. The Balaban J connectivity index is 2.31. The summed E-state index contributed by atoms with van der Waals surface area (Å²) in [5, 5.41) is 28.6. The van der Waals surface area contributed by atoms with Crippen LogP contribution >= 0.6 is 0 Å². The van der Waals surface area contributed by atoms with E-state index in [4.69, 9.17) is 4.42 Å². The second-order valence-corrected chi connectivity index (χ2v) is 4.81. The molecule has 1 heterocycles. The van der Waals surface area contributed by atoms with Gasteiger partial charge in [-0.3, -0.25) is 4.79 Å². The number of benzene rings is 2. The molecule has 5 nitrogen and oxygen atoms in total. The fraction of sp³-hybridized carbons (Fsp3) is 0.0625. The van der Waals surface area contributed by atoms with Crippen LogP contribution in [-0.4, -0.2) is 15.3 Å². The standard InChI is InChI=1S/C16H12O5/c1-8-2-4-9(5-3-8)12-6-10(17)14-13(21-12)7-11(18)15(19)16(14)20/h2-7,18-20H,1H3. The molecule has 0 saturated heterocycles. The van der Waals surface area contributed by atoms with Crippen LogP contribution in [0.2, 0.25) is 0 Å². The highest BCUT2D eigenvalue weighted by Gasteiger charge is 2.17. The first kappa shape index (κ1) is 13.1. The van der Waals surface area contributed by atoms with Gasteiger partial charge < -0.3 is 19.7 Å². The lowest BCUT2D eigenvalue weighted by atomic mass is 10.1. The molecule has 0 aliphatic carbocycles. The van der Waals surface area contributed by atoms with E-state index in [2.05, 4.69) is 0 Å². The van der Waals surface area contributed by atoms with Gasteiger partial charge in [0.05, 0.1) is 0 Å². The van der Waals surface area contributed by atoms with Crippen molar-refractivity contribution in [2.24, 2.45) is 0 Å². The number of rotatable bonds is 1. The summed E-state index contributed by atoms with van der Waals surface area (Å²) in [6, 6.07) is 9.71. The average molecular weight is 284 g/mol. The summed E-state index contributed by atoms with van der Waals surface area (Å²) in [6.07, 6.45) is 0. The lowest BCUT2D eigenvalue weighted by molar-refractivity contribution is 0.370. The number of phenols is 3. The summed E-state index contributed by atoms with van der Waals surface area (Å²) in [5.41, 5.74) is 1.28. The largest absolute Gasteiger partial charge is 0.504 e. The fourth-order valence-corrected chi connectivity index (χ4v) is 2.14. The van der Waals surface area contributed by atoms with Gasteiger partial charge in [-0.1, -0.05) is 29.8 Å². The molecule has 5 heteroatoms. The zero-order chi connectivity index (χ0) is 15.1. The van der Waals surface area contributed by atoms with Gasteiger partial charge in [0.2, 0.25) is 5.75 Å². The Bertz CT molecular complexity index is 891. The van der Waals surface area contributed by atoms with Crippen LogP contribution in [0.25, 0.3) is 22.3 Å². The summed E-state index contributed by atoms with van der Waals surface area (Å²) in [4.78, 5) is 12.1. The van der Waals surface area contributed by atoms with Gasteiger partial charge in [-0.25, -0.2) is 0 Å². The summed E-state index contributed by atoms with van der Waals surface area (Å²) in [6.45, 7) is 1.94. The molecular formula is C16H12O5. The maximum atomic E-state index is 12.1. The van der Waals surface area contributed by atoms with Crippen molar-refractivity contribution in [3.63, 3.8) is 0 Å². The molecule has 3 aromatic rings. The molecule has 0 unspecified atom stereocenters. The molecule has 0 fully saturated rings. The number of phenolic OH excluding ortho intramolecular Hbond substituents is 3. The molecule has 0 spiro atoms. The van der Waals surface area contributed by atoms with Crippen LogP contribution in [0.4, 0.5) is 0 Å². The zero-order valence-electron chi connectivity index (χ0n) is 11.1. The Hall–Kier alpha value is -2.95. The molecular weight excluding hydrogens is 272 g/mol. The van der Waals surface area contributed by atoms with Crippen molar-refractivity contribution in [1.29, 1.82) is 0 Å². The van der Waals surface area contributed by atoms with E-state index in [0.717, 1.165) is 11.6 Å². The maximum Gasteiger partial charge on any atom is 0.201 e. The highest BCUT2D eigenvalue weighted by Crippen LogP contribution is 2.40. The van der Waals surface area contributed by atoms with Crippen LogP contribution < -0.4 is 5.43 Å². The van der Waals surface area contributed by atoms with Crippen molar-refractivity contribution in [2.75, 3.05) is 0 Å². The van der Waals surface area contributed by atoms with Crippen molar-refractivity contribution in [3.8, 4) is 28.6 Å². The third-order valence-electron chi connectivity index (χ3n) is 3.28. The number of fused-ring (bicyclic) bond motifs is 1. The van der Waals surface area contributed by atoms with E-state index in [9.17, 15) is 20.1 Å². The van der Waals surface area contributed by atoms with Gasteiger partial charge in [-0.05, 0) is 6.92 Å². The van der Waals surface area contributed by atoms with Gasteiger partial charge in [0.15, 0.2) is 16.9 Å². The second kappa shape index (κ2) is 4.56. The fourth-order valence-electron chi connectivity index (χ4n) is 2.14. The lowest BCUT2D eigenvalue weighted by Crippen LogP contribution is -2.01. The van der Waals surface area contributed by atoms with Crippen LogP contribution in [0.1, 0.15) is 5.56 Å². The minimum absolute atomic E-state index is 0.00544. The SMILES string of the molecule is Cc1ccc(-c2cc(=O)c3c(O)c(O)c(O)cc3o2)cc1. The van der Waals surface area contributed by atoms with Crippen LogP contribution in [0, 0.1) is 6.92 Å². The van der Waals surface area contributed by atoms with Crippen molar-refractivity contribution in [2.45, 2.75) is 6.92 Å². The first-order chi connectivity index (χ1) is 9.97. The van der Waals surface area contributed by atoms with E-state index in [1.807, 2.05) is 19.1 Å². The summed E-state index contributed by atoms with van der Waals surface area (Å²) in [7, 11) is 0. The smallest absolute Gasteiger partial charge is 0.201 e. The predicted octanol–water partition coefficient (Wildman–Crippen LogP) is 2.89. The predicted molar refractivity (Wildman–Crippen MR) is 77.7 cm³/mol. The lowest BCUT2D eigenvalue weighted by Gasteiger charge is -2.07. The highest BCUT2D eigenvalue weighted by atomic mass is 16.3. The van der Waals surface area contributed by atoms with Gasteiger partial charge in [-0.2, -0.15) is 0 Å². The normalized spacial score (nSPS) is 10.9. The maximum absolute atomic E-state index is 12.1. The Kier molecular flexibility index (Phi) is 2.83. The molecule has 0 amide bonds. The van der Waals surface area contributed by atoms with Gasteiger partial charge in [0.25, 0.3) is 0 Å². The minimum Gasteiger partial charge on any atom is -0.504 e. The zero-order valence-corrected chi connectivity index (χ0v) is 11.1. The molecule has 106 valence electrons. The van der Waals surface area contributed by atoms with Gasteiger partial charge in [0, 0.05) is 17.7 Å². The van der Waals surface area contributed by atoms with E-state index in [1.165, 1.54) is 6.07 Å². The number of aryl methyl sites for hydroxylation is 1. The number of hydrogen-bond acceptors (Lipinski definition) is 5. The highest BCUT2D eigenvalue weighted by molar-refractivity contribution is 5.89. The van der Waals surface area contributed by atoms with E-state index in [1.54, 1.807) is 12.1 Å². The van der Waals surface area contributed by atoms with E-state index in [-0.39, 0.29) is 11.0 Å². The van der Waals surface area contributed by atoms with Gasteiger partial charge >= 0.3 is 0 Å². The topological polar surface area (TPSA) is 90.9 Å². The first-order valence-corrected chi connectivity index (χ1v) is 6.26. The van der Waals surface area contributed by atoms with Gasteiger partial charge in [0.1, 0.15) is 16.7 Å². The number of aromatic hydroxyl groups is 3. The van der Waals surface area contributed by atoms with Gasteiger partial charge in [-0.15, -0.1) is 0 Å². The van der Waals surface area contributed by atoms with Crippen molar-refractivity contribution < 1.29 is 19.7 Å². The van der Waals surface area contributed by atoms with Crippen molar-refractivity contribution in [1.82, 2.24) is 0 Å². The molecule has 3 N–H and O–H groups in total. The molecule has 0 bridgehead atoms. The second-order valence-electron chi connectivity index (χ2n) is 4.81. The molecule has 21 heavy (non-hydrogen) atoms. The average Bonchev–Trinajstić information content (AvgIpc) is 2.45. The molecule has 0 aliphatic rings. The molecule has 2 aromatic carbocycles. The summed E-state index contributed by atoms with van der Waals surface area (Å²) >= 11 is 0.